The number of aromatic nitrogens is 1. The number of H-pyrrole nitrogens is 1. The molecule has 0 aliphatic heterocycles. The van der Waals surface area contributed by atoms with Crippen molar-refractivity contribution in [3.05, 3.63) is 62.6 Å². The number of pyridine rings is 1. The number of nitrogens with zero attached hydrogens (tertiary/aromatic N) is 1. The zero-order valence-corrected chi connectivity index (χ0v) is 17.8. The van der Waals surface area contributed by atoms with E-state index >= 15 is 0 Å². The number of benzene rings is 1. The molecule has 0 unspecified atom stereocenters. The van der Waals surface area contributed by atoms with Crippen LogP contribution < -0.4 is 15.6 Å². The van der Waals surface area contributed by atoms with Gasteiger partial charge in [-0.25, -0.2) is 0 Å². The van der Waals surface area contributed by atoms with Gasteiger partial charge in [-0.15, -0.1) is 11.3 Å². The Morgan fingerprint density at radius 1 is 1.29 bits per heavy atom. The summed E-state index contributed by atoms with van der Waals surface area (Å²) in [6.07, 6.45) is 2.16. The number of unbranched alkanes of at least 4 members (excludes halogenated alkanes) is 1. The molecule has 2 N–H and O–H groups in total. The monoisotopic (exact) mass is 415 g/mol. The fraction of sp³-hybridized carbons (Fsp3) is 0.333. The van der Waals surface area contributed by atoms with Gasteiger partial charge < -0.3 is 19.9 Å². The van der Waals surface area contributed by atoms with Crippen LogP contribution in [0.1, 0.15) is 30.2 Å². The molecule has 0 atom stereocenters. The van der Waals surface area contributed by atoms with Crippen molar-refractivity contribution in [3.63, 3.8) is 0 Å². The van der Waals surface area contributed by atoms with Crippen LogP contribution in [-0.2, 0) is 13.1 Å². The fourth-order valence-corrected chi connectivity index (χ4v) is 3.90. The van der Waals surface area contributed by atoms with E-state index in [1.165, 1.54) is 4.88 Å². The molecule has 3 aromatic rings. The van der Waals surface area contributed by atoms with Gasteiger partial charge in [0, 0.05) is 27.9 Å². The molecule has 2 aromatic heterocycles. The van der Waals surface area contributed by atoms with Crippen molar-refractivity contribution in [2.45, 2.75) is 32.9 Å². The lowest BCUT2D eigenvalue weighted by molar-refractivity contribution is 0.400. The number of hydrogen-bond donors (Lipinski definition) is 2. The number of thiocarbonyl (C=S) groups is 1. The minimum atomic E-state index is -0.0924. The van der Waals surface area contributed by atoms with Crippen molar-refractivity contribution < 1.29 is 4.74 Å². The van der Waals surface area contributed by atoms with Crippen LogP contribution in [0.5, 0.6) is 5.75 Å². The van der Waals surface area contributed by atoms with Gasteiger partial charge >= 0.3 is 0 Å². The third kappa shape index (κ3) is 5.11. The second-order valence-corrected chi connectivity index (χ2v) is 8.02. The van der Waals surface area contributed by atoms with Crippen LogP contribution >= 0.6 is 23.6 Å². The number of ether oxygens (including phenoxy) is 1. The second-order valence-electron chi connectivity index (χ2n) is 6.60. The molecular weight excluding hydrogens is 390 g/mol. The van der Waals surface area contributed by atoms with E-state index in [1.807, 2.05) is 35.2 Å². The SMILES string of the molecule is CCCCNC(=S)N(Cc1cccs1)Cc1cc2cc(OC)ccc2[nH]c1=O. The van der Waals surface area contributed by atoms with Gasteiger partial charge in [-0.1, -0.05) is 19.4 Å². The highest BCUT2D eigenvalue weighted by molar-refractivity contribution is 7.80. The van der Waals surface area contributed by atoms with E-state index in [4.69, 9.17) is 17.0 Å². The van der Waals surface area contributed by atoms with Crippen LogP contribution in [0.4, 0.5) is 0 Å². The number of rotatable bonds is 8. The van der Waals surface area contributed by atoms with E-state index in [0.29, 0.717) is 23.8 Å². The van der Waals surface area contributed by atoms with Gasteiger partial charge in [0.2, 0.25) is 0 Å². The third-order valence-corrected chi connectivity index (χ3v) is 5.77. The molecular formula is C21H25N3O2S2. The molecule has 7 heteroatoms. The molecule has 0 saturated carbocycles. The lowest BCUT2D eigenvalue weighted by Crippen LogP contribution is -2.40. The highest BCUT2D eigenvalue weighted by Gasteiger charge is 2.14. The average molecular weight is 416 g/mol. The molecule has 0 spiro atoms. The summed E-state index contributed by atoms with van der Waals surface area (Å²) < 4.78 is 5.30. The maximum absolute atomic E-state index is 12.6. The Balaban J connectivity index is 1.86. The third-order valence-electron chi connectivity index (χ3n) is 4.51. The number of methoxy groups -OCH3 is 1. The summed E-state index contributed by atoms with van der Waals surface area (Å²) in [5.41, 5.74) is 1.38. The lowest BCUT2D eigenvalue weighted by atomic mass is 10.1. The molecule has 0 bridgehead atoms. The summed E-state index contributed by atoms with van der Waals surface area (Å²) >= 11 is 7.31. The number of nitrogens with one attached hydrogen (secondary N) is 2. The normalized spacial score (nSPS) is 10.8. The van der Waals surface area contributed by atoms with E-state index in [1.54, 1.807) is 18.4 Å². The quantitative estimate of drug-likeness (QED) is 0.425. The van der Waals surface area contributed by atoms with Gasteiger partial charge in [-0.2, -0.15) is 0 Å². The van der Waals surface area contributed by atoms with E-state index < -0.39 is 0 Å². The summed E-state index contributed by atoms with van der Waals surface area (Å²) in [6.45, 7) is 4.10. The zero-order chi connectivity index (χ0) is 19.9. The predicted molar refractivity (Wildman–Crippen MR) is 120 cm³/mol. The van der Waals surface area contributed by atoms with Crippen LogP contribution in [0.15, 0.2) is 46.6 Å². The van der Waals surface area contributed by atoms with Gasteiger partial charge in [-0.05, 0) is 54.4 Å². The highest BCUT2D eigenvalue weighted by Crippen LogP contribution is 2.20. The first kappa shape index (κ1) is 20.4. The molecule has 0 aliphatic carbocycles. The standard InChI is InChI=1S/C21H25N3O2S2/c1-3-4-9-22-21(27)24(14-18-6-5-10-28-18)13-16-11-15-12-17(26-2)7-8-19(15)23-20(16)25/h5-8,10-12H,3-4,9,13-14H2,1-2H3,(H,22,27)(H,23,25). The lowest BCUT2D eigenvalue weighted by Gasteiger charge is -2.25. The fourth-order valence-electron chi connectivity index (χ4n) is 2.95. The zero-order valence-electron chi connectivity index (χ0n) is 16.2. The summed E-state index contributed by atoms with van der Waals surface area (Å²) in [4.78, 5) is 18.9. The number of thiophene rings is 1. The summed E-state index contributed by atoms with van der Waals surface area (Å²) in [7, 11) is 1.64. The van der Waals surface area contributed by atoms with Crippen molar-refractivity contribution in [2.75, 3.05) is 13.7 Å². The molecule has 5 nitrogen and oxygen atoms in total. The average Bonchev–Trinajstić information content (AvgIpc) is 3.21. The van der Waals surface area contributed by atoms with Crippen LogP contribution in [0.3, 0.4) is 0 Å². The number of hydrogen-bond acceptors (Lipinski definition) is 4. The van der Waals surface area contributed by atoms with Gasteiger partial charge in [-0.3, -0.25) is 4.79 Å². The molecule has 0 radical (unpaired) electrons. The molecule has 0 fully saturated rings. The molecule has 28 heavy (non-hydrogen) atoms. The van der Waals surface area contributed by atoms with Crippen LogP contribution in [0.2, 0.25) is 0 Å². The first-order valence-electron chi connectivity index (χ1n) is 9.36. The smallest absolute Gasteiger partial charge is 0.253 e. The van der Waals surface area contributed by atoms with Crippen LogP contribution in [0, 0.1) is 0 Å². The Kier molecular flexibility index (Phi) is 7.06. The highest BCUT2D eigenvalue weighted by atomic mass is 32.1. The Bertz CT molecular complexity index is 983. The largest absolute Gasteiger partial charge is 0.497 e. The van der Waals surface area contributed by atoms with E-state index in [0.717, 1.165) is 36.0 Å². The summed E-state index contributed by atoms with van der Waals surface area (Å²) in [6, 6.07) is 11.7. The van der Waals surface area contributed by atoms with Gasteiger partial charge in [0.15, 0.2) is 5.11 Å². The maximum atomic E-state index is 12.6. The van der Waals surface area contributed by atoms with Crippen molar-refractivity contribution in [1.29, 1.82) is 0 Å². The van der Waals surface area contributed by atoms with Crippen molar-refractivity contribution in [1.82, 2.24) is 15.2 Å². The summed E-state index contributed by atoms with van der Waals surface area (Å²) in [5.74, 6) is 0.762. The second kappa shape index (κ2) is 9.71. The molecule has 3 rings (SSSR count). The van der Waals surface area contributed by atoms with Crippen molar-refractivity contribution >= 4 is 39.6 Å². The minimum Gasteiger partial charge on any atom is -0.497 e. The Labute approximate surface area is 174 Å². The first-order valence-corrected chi connectivity index (χ1v) is 10.6. The van der Waals surface area contributed by atoms with Crippen molar-refractivity contribution in [2.24, 2.45) is 0 Å². The van der Waals surface area contributed by atoms with E-state index in [9.17, 15) is 4.79 Å². The maximum Gasteiger partial charge on any atom is 0.253 e. The molecule has 2 heterocycles. The van der Waals surface area contributed by atoms with Gasteiger partial charge in [0.25, 0.3) is 5.56 Å². The number of aromatic amines is 1. The predicted octanol–water partition coefficient (Wildman–Crippen LogP) is 4.28. The van der Waals surface area contributed by atoms with Gasteiger partial charge in [0.1, 0.15) is 5.75 Å². The molecule has 1 aromatic carbocycles. The van der Waals surface area contributed by atoms with Gasteiger partial charge in [0.05, 0.1) is 20.2 Å². The van der Waals surface area contributed by atoms with E-state index in [2.05, 4.69) is 28.7 Å². The molecule has 148 valence electrons. The summed E-state index contributed by atoms with van der Waals surface area (Å²) in [5, 5.41) is 6.99. The van der Waals surface area contributed by atoms with E-state index in [-0.39, 0.29) is 5.56 Å². The van der Waals surface area contributed by atoms with Crippen LogP contribution in [0.25, 0.3) is 10.9 Å². The number of fused-ring (bicyclic) bond motifs is 1. The molecule has 0 saturated heterocycles. The topological polar surface area (TPSA) is 57.4 Å². The van der Waals surface area contributed by atoms with Crippen LogP contribution in [-0.4, -0.2) is 28.7 Å². The first-order chi connectivity index (χ1) is 13.6. The Morgan fingerprint density at radius 3 is 2.86 bits per heavy atom. The molecule has 0 aliphatic rings. The Morgan fingerprint density at radius 2 is 2.14 bits per heavy atom. The molecule has 0 amide bonds. The Hall–Kier alpha value is -2.38. The minimum absolute atomic E-state index is 0.0924. The van der Waals surface area contributed by atoms with Crippen molar-refractivity contribution in [3.8, 4) is 5.75 Å².